The smallest absolute Gasteiger partial charge is 0.231 e. The minimum Gasteiger partial charge on any atom is -0.399 e. The van der Waals surface area contributed by atoms with Crippen molar-refractivity contribution >= 4 is 17.3 Å². The Balaban J connectivity index is 1.57. The third-order valence-corrected chi connectivity index (χ3v) is 5.34. The maximum absolute atomic E-state index is 12.2. The van der Waals surface area contributed by atoms with Crippen LogP contribution in [-0.4, -0.2) is 12.5 Å². The van der Waals surface area contributed by atoms with Gasteiger partial charge in [-0.25, -0.2) is 0 Å². The fraction of sp³-hybridized carbons (Fsp3) is 0.562. The Morgan fingerprint density at radius 1 is 1.26 bits per heavy atom. The normalized spacial score (nSPS) is 32.1. The van der Waals surface area contributed by atoms with Gasteiger partial charge in [0.2, 0.25) is 5.91 Å². The largest absolute Gasteiger partial charge is 0.399 e. The second kappa shape index (κ2) is 3.99. The van der Waals surface area contributed by atoms with E-state index in [0.717, 1.165) is 41.2 Å². The SMILES string of the molecule is Nc1ccc2c(c1)CC(=O)N2CC1CC2CCC1C2. The van der Waals surface area contributed by atoms with Crippen LogP contribution in [0.2, 0.25) is 0 Å². The molecule has 19 heavy (non-hydrogen) atoms. The first-order valence-corrected chi connectivity index (χ1v) is 7.39. The number of nitrogen functional groups attached to an aromatic ring is 1. The highest BCUT2D eigenvalue weighted by molar-refractivity contribution is 6.01. The maximum atomic E-state index is 12.2. The summed E-state index contributed by atoms with van der Waals surface area (Å²) >= 11 is 0. The number of amides is 1. The molecule has 1 heterocycles. The minimum absolute atomic E-state index is 0.253. The van der Waals surface area contributed by atoms with E-state index < -0.39 is 0 Å². The Hall–Kier alpha value is -1.51. The molecule has 3 aliphatic rings. The molecule has 2 saturated carbocycles. The van der Waals surface area contributed by atoms with Gasteiger partial charge >= 0.3 is 0 Å². The molecule has 3 nitrogen and oxygen atoms in total. The van der Waals surface area contributed by atoms with Crippen molar-refractivity contribution < 1.29 is 4.79 Å². The molecule has 3 heteroatoms. The average Bonchev–Trinajstić information content (AvgIpc) is 3.05. The number of nitrogens with two attached hydrogens (primary N) is 1. The zero-order chi connectivity index (χ0) is 13.0. The molecule has 1 amide bonds. The number of carbonyl (C=O) groups is 1. The number of anilines is 2. The topological polar surface area (TPSA) is 46.3 Å². The molecule has 0 aromatic heterocycles. The summed E-state index contributed by atoms with van der Waals surface area (Å²) in [7, 11) is 0. The van der Waals surface area contributed by atoms with Gasteiger partial charge in [-0.3, -0.25) is 4.79 Å². The molecule has 3 unspecified atom stereocenters. The third-order valence-electron chi connectivity index (χ3n) is 5.34. The molecule has 2 bridgehead atoms. The first kappa shape index (κ1) is 11.3. The van der Waals surface area contributed by atoms with Crippen LogP contribution < -0.4 is 10.6 Å². The van der Waals surface area contributed by atoms with Crippen molar-refractivity contribution in [2.24, 2.45) is 17.8 Å². The highest BCUT2D eigenvalue weighted by Gasteiger charge is 2.41. The van der Waals surface area contributed by atoms with E-state index in [1.165, 1.54) is 25.7 Å². The lowest BCUT2D eigenvalue weighted by Gasteiger charge is -2.27. The average molecular weight is 256 g/mol. The fourth-order valence-electron chi connectivity index (χ4n) is 4.44. The highest BCUT2D eigenvalue weighted by atomic mass is 16.2. The van der Waals surface area contributed by atoms with Crippen molar-refractivity contribution in [3.63, 3.8) is 0 Å². The second-order valence-electron chi connectivity index (χ2n) is 6.50. The van der Waals surface area contributed by atoms with E-state index in [1.54, 1.807) is 0 Å². The van der Waals surface area contributed by atoms with Gasteiger partial charge in [-0.1, -0.05) is 6.42 Å². The zero-order valence-corrected chi connectivity index (χ0v) is 11.1. The predicted octanol–water partition coefficient (Wildman–Crippen LogP) is 2.59. The maximum Gasteiger partial charge on any atom is 0.231 e. The molecule has 2 aliphatic carbocycles. The minimum atomic E-state index is 0.253. The van der Waals surface area contributed by atoms with Gasteiger partial charge in [0.25, 0.3) is 0 Å². The van der Waals surface area contributed by atoms with Crippen LogP contribution in [0.3, 0.4) is 0 Å². The summed E-state index contributed by atoms with van der Waals surface area (Å²) in [6.45, 7) is 0.927. The molecule has 1 aromatic rings. The number of fused-ring (bicyclic) bond motifs is 3. The monoisotopic (exact) mass is 256 g/mol. The predicted molar refractivity (Wildman–Crippen MR) is 75.8 cm³/mol. The molecule has 3 atom stereocenters. The molecule has 0 radical (unpaired) electrons. The van der Waals surface area contributed by atoms with E-state index in [1.807, 2.05) is 23.1 Å². The Morgan fingerprint density at radius 3 is 2.89 bits per heavy atom. The molecule has 1 aliphatic heterocycles. The quantitative estimate of drug-likeness (QED) is 0.827. The highest BCUT2D eigenvalue weighted by Crippen LogP contribution is 2.49. The molecule has 2 N–H and O–H groups in total. The third kappa shape index (κ3) is 1.75. The van der Waals surface area contributed by atoms with Crippen molar-refractivity contribution in [3.05, 3.63) is 23.8 Å². The molecular weight excluding hydrogens is 236 g/mol. The molecule has 0 spiro atoms. The van der Waals surface area contributed by atoms with Gasteiger partial charge in [0.15, 0.2) is 0 Å². The van der Waals surface area contributed by atoms with Crippen LogP contribution in [0.4, 0.5) is 11.4 Å². The van der Waals surface area contributed by atoms with Crippen LogP contribution in [0.5, 0.6) is 0 Å². The summed E-state index contributed by atoms with van der Waals surface area (Å²) in [5.41, 5.74) is 8.77. The van der Waals surface area contributed by atoms with Crippen molar-refractivity contribution in [2.45, 2.75) is 32.1 Å². The van der Waals surface area contributed by atoms with Crippen molar-refractivity contribution in [2.75, 3.05) is 17.2 Å². The number of benzene rings is 1. The zero-order valence-electron chi connectivity index (χ0n) is 11.1. The van der Waals surface area contributed by atoms with Crippen LogP contribution in [0.15, 0.2) is 18.2 Å². The number of carbonyl (C=O) groups excluding carboxylic acids is 1. The molecule has 1 aromatic carbocycles. The van der Waals surface area contributed by atoms with Crippen molar-refractivity contribution in [3.8, 4) is 0 Å². The number of hydrogen-bond donors (Lipinski definition) is 1. The van der Waals surface area contributed by atoms with Crippen molar-refractivity contribution in [1.82, 2.24) is 0 Å². The molecule has 2 fully saturated rings. The van der Waals surface area contributed by atoms with Crippen LogP contribution in [-0.2, 0) is 11.2 Å². The van der Waals surface area contributed by atoms with Crippen LogP contribution in [0.25, 0.3) is 0 Å². The van der Waals surface area contributed by atoms with Gasteiger partial charge < -0.3 is 10.6 Å². The lowest BCUT2D eigenvalue weighted by Crippen LogP contribution is -2.34. The summed E-state index contributed by atoms with van der Waals surface area (Å²) in [6, 6.07) is 5.88. The molecule has 100 valence electrons. The Labute approximate surface area is 113 Å². The summed E-state index contributed by atoms with van der Waals surface area (Å²) in [5.74, 6) is 2.80. The van der Waals surface area contributed by atoms with Gasteiger partial charge in [-0.2, -0.15) is 0 Å². The lowest BCUT2D eigenvalue weighted by molar-refractivity contribution is -0.117. The van der Waals surface area contributed by atoms with Gasteiger partial charge in [0.1, 0.15) is 0 Å². The summed E-state index contributed by atoms with van der Waals surface area (Å²) in [5, 5.41) is 0. The van der Waals surface area contributed by atoms with Gasteiger partial charge in [-0.05, 0) is 60.8 Å². The Kier molecular flexibility index (Phi) is 2.38. The summed E-state index contributed by atoms with van der Waals surface area (Å²) < 4.78 is 0. The van der Waals surface area contributed by atoms with E-state index in [9.17, 15) is 4.79 Å². The molecule has 4 rings (SSSR count). The summed E-state index contributed by atoms with van der Waals surface area (Å²) in [6.07, 6.45) is 6.06. The molecular formula is C16H20N2O. The van der Waals surface area contributed by atoms with Crippen LogP contribution in [0, 0.1) is 17.8 Å². The first-order chi connectivity index (χ1) is 9.20. The second-order valence-corrected chi connectivity index (χ2v) is 6.50. The van der Waals surface area contributed by atoms with E-state index in [0.29, 0.717) is 6.42 Å². The number of rotatable bonds is 2. The number of hydrogen-bond acceptors (Lipinski definition) is 2. The lowest BCUT2D eigenvalue weighted by atomic mass is 9.88. The van der Waals surface area contributed by atoms with E-state index in [4.69, 9.17) is 5.73 Å². The van der Waals surface area contributed by atoms with Gasteiger partial charge in [0, 0.05) is 17.9 Å². The van der Waals surface area contributed by atoms with Crippen molar-refractivity contribution in [1.29, 1.82) is 0 Å². The first-order valence-electron chi connectivity index (χ1n) is 7.39. The fourth-order valence-corrected chi connectivity index (χ4v) is 4.44. The van der Waals surface area contributed by atoms with Gasteiger partial charge in [0.05, 0.1) is 6.42 Å². The standard InChI is InChI=1S/C16H20N2O/c17-14-3-4-15-12(7-14)8-16(19)18(15)9-13-6-10-1-2-11(13)5-10/h3-4,7,10-11,13H,1-2,5-6,8-9,17H2. The van der Waals surface area contributed by atoms with Crippen LogP contribution in [0.1, 0.15) is 31.2 Å². The number of nitrogens with zero attached hydrogens (tertiary/aromatic N) is 1. The van der Waals surface area contributed by atoms with Crippen LogP contribution >= 0.6 is 0 Å². The van der Waals surface area contributed by atoms with E-state index >= 15 is 0 Å². The van der Waals surface area contributed by atoms with E-state index in [-0.39, 0.29) is 5.91 Å². The molecule has 0 saturated heterocycles. The Bertz CT molecular complexity index is 540. The summed E-state index contributed by atoms with van der Waals surface area (Å²) in [4.78, 5) is 14.2. The Morgan fingerprint density at radius 2 is 2.16 bits per heavy atom. The van der Waals surface area contributed by atoms with E-state index in [2.05, 4.69) is 0 Å². The van der Waals surface area contributed by atoms with Gasteiger partial charge in [-0.15, -0.1) is 0 Å².